The number of benzene rings is 9. The number of hydrogen-bond donors (Lipinski definition) is 0. The largest absolute Gasteiger partial charge is 0.228 e. The van der Waals surface area contributed by atoms with E-state index >= 15 is 0 Å². The lowest BCUT2D eigenvalue weighted by Crippen LogP contribution is -2.16. The van der Waals surface area contributed by atoms with Crippen molar-refractivity contribution in [2.24, 2.45) is 0 Å². The Morgan fingerprint density at radius 2 is 0.814 bits per heavy atom. The summed E-state index contributed by atoms with van der Waals surface area (Å²) in [5, 5.41) is 4.90. The lowest BCUT2D eigenvalue weighted by molar-refractivity contribution is 0.662. The van der Waals surface area contributed by atoms with Gasteiger partial charge in [0.05, 0.1) is 11.4 Å². The molecule has 0 radical (unpaired) electrons. The van der Waals surface area contributed by atoms with E-state index in [-0.39, 0.29) is 5.41 Å². The molecule has 0 aliphatic heterocycles. The second-order valence-corrected chi connectivity index (χ2v) is 16.1. The summed E-state index contributed by atoms with van der Waals surface area (Å²) in [7, 11) is 0. The van der Waals surface area contributed by atoms with Crippen molar-refractivity contribution in [3.8, 4) is 78.4 Å². The highest BCUT2D eigenvalue weighted by molar-refractivity contribution is 6.08. The molecule has 2 heteroatoms. The molecule has 1 aliphatic rings. The second kappa shape index (κ2) is 13.9. The SMILES string of the molecule is CC1(C)c2ccc3ccccc3c2-c2cccc(-c3ccc(-c4nc(-c5ccc(-c6ccccc6)cc5)cc(-c5ccc(-c6ccccc6)cc5)n4)c4ccccc34)c21. The highest BCUT2D eigenvalue weighted by Gasteiger charge is 2.38. The van der Waals surface area contributed by atoms with E-state index in [1.165, 1.54) is 71.8 Å². The third-order valence-corrected chi connectivity index (χ3v) is 12.3. The molecule has 9 aromatic carbocycles. The quantitative estimate of drug-likeness (QED) is 0.169. The number of hydrogen-bond acceptors (Lipinski definition) is 2. The fourth-order valence-electron chi connectivity index (χ4n) is 9.40. The molecular weight excluding hydrogens is 713 g/mol. The summed E-state index contributed by atoms with van der Waals surface area (Å²) in [6.45, 7) is 4.76. The third-order valence-electron chi connectivity index (χ3n) is 12.3. The standard InChI is InChI=1S/C57H40N2/c1-57(2)51-35-32-41-18-9-10-19-44(41)54(51)50-23-13-22-48(55(50)57)47-33-34-49(46-21-12-11-20-45(46)47)56-58-52(42-28-24-39(25-29-42)37-14-5-3-6-15-37)36-53(59-56)43-30-26-40(27-31-43)38-16-7-4-8-17-38/h3-36H,1-2H3. The Morgan fingerprint density at radius 1 is 0.339 bits per heavy atom. The predicted molar refractivity (Wildman–Crippen MR) is 247 cm³/mol. The molecule has 11 rings (SSSR count). The second-order valence-electron chi connectivity index (χ2n) is 16.1. The Morgan fingerprint density at radius 3 is 1.42 bits per heavy atom. The normalized spacial score (nSPS) is 12.7. The summed E-state index contributed by atoms with van der Waals surface area (Å²) < 4.78 is 0. The molecule has 0 spiro atoms. The number of aromatic nitrogens is 2. The third kappa shape index (κ3) is 5.87. The van der Waals surface area contributed by atoms with Crippen molar-refractivity contribution in [1.29, 1.82) is 0 Å². The summed E-state index contributed by atoms with van der Waals surface area (Å²) in [6, 6.07) is 74.2. The molecule has 0 bridgehead atoms. The maximum Gasteiger partial charge on any atom is 0.161 e. The smallest absolute Gasteiger partial charge is 0.161 e. The zero-order valence-electron chi connectivity index (χ0n) is 33.0. The van der Waals surface area contributed by atoms with Gasteiger partial charge in [-0.05, 0) is 89.3 Å². The van der Waals surface area contributed by atoms with Gasteiger partial charge in [0.15, 0.2) is 5.82 Å². The Bertz CT molecular complexity index is 3100. The lowest BCUT2D eigenvalue weighted by Gasteiger charge is -2.25. The topological polar surface area (TPSA) is 25.8 Å². The van der Waals surface area contributed by atoms with Crippen LogP contribution >= 0.6 is 0 Å². The first kappa shape index (κ1) is 34.8. The van der Waals surface area contributed by atoms with Gasteiger partial charge >= 0.3 is 0 Å². The van der Waals surface area contributed by atoms with Crippen LogP contribution < -0.4 is 0 Å². The minimum Gasteiger partial charge on any atom is -0.228 e. The molecule has 0 atom stereocenters. The van der Waals surface area contributed by atoms with E-state index < -0.39 is 0 Å². The number of rotatable bonds is 6. The van der Waals surface area contributed by atoms with E-state index in [0.717, 1.165) is 33.5 Å². The van der Waals surface area contributed by atoms with Gasteiger partial charge in [-0.15, -0.1) is 0 Å². The van der Waals surface area contributed by atoms with Gasteiger partial charge in [0.25, 0.3) is 0 Å². The molecule has 1 aliphatic carbocycles. The maximum atomic E-state index is 5.35. The number of fused-ring (bicyclic) bond motifs is 6. The van der Waals surface area contributed by atoms with Gasteiger partial charge in [-0.3, -0.25) is 0 Å². The van der Waals surface area contributed by atoms with Crippen molar-refractivity contribution < 1.29 is 0 Å². The van der Waals surface area contributed by atoms with Crippen molar-refractivity contribution in [3.05, 3.63) is 217 Å². The van der Waals surface area contributed by atoms with E-state index in [1.54, 1.807) is 0 Å². The fraction of sp³-hybridized carbons (Fsp3) is 0.0526. The molecule has 0 saturated carbocycles. The lowest BCUT2D eigenvalue weighted by atomic mass is 9.78. The Kier molecular flexibility index (Phi) is 8.20. The van der Waals surface area contributed by atoms with Crippen LogP contribution in [0.1, 0.15) is 25.0 Å². The van der Waals surface area contributed by atoms with E-state index in [4.69, 9.17) is 9.97 Å². The molecule has 10 aromatic rings. The molecule has 0 N–H and O–H groups in total. The molecular formula is C57H40N2. The van der Waals surface area contributed by atoms with Gasteiger partial charge in [-0.2, -0.15) is 0 Å². The van der Waals surface area contributed by atoms with Crippen molar-refractivity contribution in [3.63, 3.8) is 0 Å². The van der Waals surface area contributed by atoms with Gasteiger partial charge in [-0.1, -0.05) is 208 Å². The van der Waals surface area contributed by atoms with Gasteiger partial charge in [0.2, 0.25) is 0 Å². The minimum absolute atomic E-state index is 0.177. The first-order chi connectivity index (χ1) is 29.0. The summed E-state index contributed by atoms with van der Waals surface area (Å²) >= 11 is 0. The van der Waals surface area contributed by atoms with Crippen LogP contribution in [-0.4, -0.2) is 9.97 Å². The molecule has 0 amide bonds. The first-order valence-corrected chi connectivity index (χ1v) is 20.4. The Labute approximate surface area is 345 Å². The predicted octanol–water partition coefficient (Wildman–Crippen LogP) is 15.1. The number of nitrogens with zero attached hydrogens (tertiary/aromatic N) is 2. The molecule has 278 valence electrons. The van der Waals surface area contributed by atoms with Crippen LogP contribution in [-0.2, 0) is 5.41 Å². The summed E-state index contributed by atoms with van der Waals surface area (Å²) in [6.07, 6.45) is 0. The molecule has 0 unspecified atom stereocenters. The van der Waals surface area contributed by atoms with Crippen LogP contribution in [0.4, 0.5) is 0 Å². The molecule has 0 fully saturated rings. The molecule has 1 aromatic heterocycles. The summed E-state index contributed by atoms with van der Waals surface area (Å²) in [5.74, 6) is 0.706. The van der Waals surface area contributed by atoms with E-state index in [9.17, 15) is 0 Å². The average Bonchev–Trinajstić information content (AvgIpc) is 3.55. The van der Waals surface area contributed by atoms with Crippen LogP contribution in [0.15, 0.2) is 206 Å². The zero-order chi connectivity index (χ0) is 39.5. The van der Waals surface area contributed by atoms with Gasteiger partial charge < -0.3 is 0 Å². The van der Waals surface area contributed by atoms with E-state index in [2.05, 4.69) is 220 Å². The highest BCUT2D eigenvalue weighted by atomic mass is 14.9. The summed E-state index contributed by atoms with van der Waals surface area (Å²) in [5.41, 5.74) is 17.4. The van der Waals surface area contributed by atoms with Crippen LogP contribution in [0.25, 0.3) is 100.0 Å². The molecule has 2 nitrogen and oxygen atoms in total. The Hall–Kier alpha value is -7.42. The van der Waals surface area contributed by atoms with Crippen LogP contribution in [0, 0.1) is 0 Å². The fourth-order valence-corrected chi connectivity index (χ4v) is 9.40. The Balaban J connectivity index is 1.07. The van der Waals surface area contributed by atoms with Gasteiger partial charge in [0.1, 0.15) is 0 Å². The summed E-state index contributed by atoms with van der Waals surface area (Å²) in [4.78, 5) is 10.7. The molecule has 1 heterocycles. The van der Waals surface area contributed by atoms with Crippen LogP contribution in [0.2, 0.25) is 0 Å². The van der Waals surface area contributed by atoms with Crippen molar-refractivity contribution in [2.45, 2.75) is 19.3 Å². The molecule has 59 heavy (non-hydrogen) atoms. The monoisotopic (exact) mass is 752 g/mol. The van der Waals surface area contributed by atoms with Crippen molar-refractivity contribution >= 4 is 21.5 Å². The highest BCUT2D eigenvalue weighted by Crippen LogP contribution is 2.55. The van der Waals surface area contributed by atoms with Crippen molar-refractivity contribution in [1.82, 2.24) is 9.97 Å². The van der Waals surface area contributed by atoms with Gasteiger partial charge in [0, 0.05) is 22.1 Å². The van der Waals surface area contributed by atoms with Crippen LogP contribution in [0.5, 0.6) is 0 Å². The van der Waals surface area contributed by atoms with E-state index in [1.807, 2.05) is 0 Å². The minimum atomic E-state index is -0.177. The maximum absolute atomic E-state index is 5.35. The average molecular weight is 753 g/mol. The zero-order valence-corrected chi connectivity index (χ0v) is 33.0. The van der Waals surface area contributed by atoms with E-state index in [0.29, 0.717) is 5.82 Å². The molecule has 0 saturated heterocycles. The van der Waals surface area contributed by atoms with Gasteiger partial charge in [-0.25, -0.2) is 9.97 Å². The first-order valence-electron chi connectivity index (χ1n) is 20.4. The van der Waals surface area contributed by atoms with Crippen LogP contribution in [0.3, 0.4) is 0 Å². The van der Waals surface area contributed by atoms with Crippen molar-refractivity contribution in [2.75, 3.05) is 0 Å².